The number of hydrogen-bond acceptors (Lipinski definition) is 3. The van der Waals surface area contributed by atoms with Crippen LogP contribution in [0.25, 0.3) is 28.1 Å². The Morgan fingerprint density at radius 3 is 2.57 bits per heavy atom. The molecule has 28 heavy (non-hydrogen) atoms. The SMILES string of the molecule is O=C(O)c1cc(-n2c(-c3ccccc3)cc3c2CCc2ncccc2-3)ccn1. The van der Waals surface area contributed by atoms with Crippen LogP contribution in [-0.2, 0) is 12.8 Å². The average molecular weight is 367 g/mol. The molecule has 136 valence electrons. The van der Waals surface area contributed by atoms with Gasteiger partial charge >= 0.3 is 5.97 Å². The second-order valence-corrected chi connectivity index (χ2v) is 6.79. The fraction of sp³-hybridized carbons (Fsp3) is 0.0870. The minimum absolute atomic E-state index is 0.0387. The number of nitrogens with zero attached hydrogens (tertiary/aromatic N) is 3. The maximum atomic E-state index is 11.5. The van der Waals surface area contributed by atoms with Gasteiger partial charge in [0.1, 0.15) is 5.69 Å². The van der Waals surface area contributed by atoms with E-state index in [0.717, 1.165) is 46.6 Å². The van der Waals surface area contributed by atoms with E-state index in [1.165, 1.54) is 5.69 Å². The zero-order valence-corrected chi connectivity index (χ0v) is 15.0. The molecule has 0 atom stereocenters. The van der Waals surface area contributed by atoms with Crippen molar-refractivity contribution in [2.45, 2.75) is 12.8 Å². The van der Waals surface area contributed by atoms with Gasteiger partial charge in [-0.25, -0.2) is 9.78 Å². The van der Waals surface area contributed by atoms with Crippen molar-refractivity contribution in [2.24, 2.45) is 0 Å². The molecule has 0 saturated carbocycles. The fourth-order valence-electron chi connectivity index (χ4n) is 3.94. The normalized spacial score (nSPS) is 12.3. The zero-order chi connectivity index (χ0) is 19.1. The molecule has 5 heteroatoms. The van der Waals surface area contributed by atoms with E-state index < -0.39 is 5.97 Å². The number of aromatic carboxylic acids is 1. The lowest BCUT2D eigenvalue weighted by molar-refractivity contribution is 0.0690. The highest BCUT2D eigenvalue weighted by molar-refractivity contribution is 5.86. The van der Waals surface area contributed by atoms with Crippen LogP contribution in [0.3, 0.4) is 0 Å². The first kappa shape index (κ1) is 16.4. The van der Waals surface area contributed by atoms with E-state index in [-0.39, 0.29) is 5.69 Å². The number of carbonyl (C=O) groups is 1. The van der Waals surface area contributed by atoms with Crippen molar-refractivity contribution < 1.29 is 9.90 Å². The summed E-state index contributed by atoms with van der Waals surface area (Å²) in [7, 11) is 0. The molecule has 0 amide bonds. The van der Waals surface area contributed by atoms with Gasteiger partial charge in [0.05, 0.1) is 5.69 Å². The molecule has 0 saturated heterocycles. The van der Waals surface area contributed by atoms with Crippen LogP contribution in [0.5, 0.6) is 0 Å². The standard InChI is InChI=1S/C23H17N3O2/c27-23(28)20-13-16(10-12-25-20)26-21-9-8-19-17(7-4-11-24-19)18(21)14-22(26)15-5-2-1-3-6-15/h1-7,10-14H,8-9H2,(H,27,28). The number of hydrogen-bond donors (Lipinski definition) is 1. The highest BCUT2D eigenvalue weighted by Crippen LogP contribution is 2.39. The summed E-state index contributed by atoms with van der Waals surface area (Å²) in [5.41, 5.74) is 7.53. The highest BCUT2D eigenvalue weighted by Gasteiger charge is 2.24. The lowest BCUT2D eigenvalue weighted by Crippen LogP contribution is -2.11. The summed E-state index contributed by atoms with van der Waals surface area (Å²) in [6, 6.07) is 19.9. The summed E-state index contributed by atoms with van der Waals surface area (Å²) in [4.78, 5) is 20.0. The van der Waals surface area contributed by atoms with Crippen molar-refractivity contribution >= 4 is 5.97 Å². The van der Waals surface area contributed by atoms with Crippen molar-refractivity contribution in [3.8, 4) is 28.1 Å². The minimum Gasteiger partial charge on any atom is -0.477 e. The van der Waals surface area contributed by atoms with Crippen molar-refractivity contribution in [2.75, 3.05) is 0 Å². The molecule has 5 nitrogen and oxygen atoms in total. The second kappa shape index (κ2) is 6.46. The molecular formula is C23H17N3O2. The molecule has 0 radical (unpaired) electrons. The molecule has 1 aliphatic carbocycles. The quantitative estimate of drug-likeness (QED) is 0.583. The number of aryl methyl sites for hydroxylation is 1. The van der Waals surface area contributed by atoms with E-state index in [0.29, 0.717) is 0 Å². The maximum Gasteiger partial charge on any atom is 0.354 e. The predicted molar refractivity (Wildman–Crippen MR) is 107 cm³/mol. The number of fused-ring (bicyclic) bond motifs is 3. The molecule has 1 aliphatic rings. The molecular weight excluding hydrogens is 350 g/mol. The first-order valence-corrected chi connectivity index (χ1v) is 9.16. The monoisotopic (exact) mass is 367 g/mol. The van der Waals surface area contributed by atoms with Gasteiger partial charge in [-0.3, -0.25) is 4.98 Å². The number of rotatable bonds is 3. The van der Waals surface area contributed by atoms with Crippen LogP contribution < -0.4 is 0 Å². The van der Waals surface area contributed by atoms with Crippen LogP contribution in [0.1, 0.15) is 21.9 Å². The molecule has 3 heterocycles. The van der Waals surface area contributed by atoms with Crippen molar-refractivity contribution in [3.05, 3.63) is 90.1 Å². The molecule has 4 aromatic rings. The van der Waals surface area contributed by atoms with Crippen LogP contribution in [0.4, 0.5) is 0 Å². The third kappa shape index (κ3) is 2.60. The molecule has 1 N–H and O–H groups in total. The summed E-state index contributed by atoms with van der Waals surface area (Å²) in [6.07, 6.45) is 5.09. The smallest absolute Gasteiger partial charge is 0.354 e. The van der Waals surface area contributed by atoms with Crippen molar-refractivity contribution in [1.29, 1.82) is 0 Å². The fourth-order valence-corrected chi connectivity index (χ4v) is 3.94. The van der Waals surface area contributed by atoms with E-state index in [9.17, 15) is 9.90 Å². The predicted octanol–water partition coefficient (Wildman–Crippen LogP) is 4.40. The first-order chi connectivity index (χ1) is 13.7. The van der Waals surface area contributed by atoms with Gasteiger partial charge in [0.15, 0.2) is 0 Å². The molecule has 0 bridgehead atoms. The molecule has 0 unspecified atom stereocenters. The number of aromatic nitrogens is 3. The average Bonchev–Trinajstić information content (AvgIpc) is 3.14. The minimum atomic E-state index is -1.03. The molecule has 3 aromatic heterocycles. The van der Waals surface area contributed by atoms with Gasteiger partial charge in [-0.05, 0) is 42.7 Å². The number of pyridine rings is 2. The largest absolute Gasteiger partial charge is 0.477 e. The van der Waals surface area contributed by atoms with Gasteiger partial charge in [0.25, 0.3) is 0 Å². The van der Waals surface area contributed by atoms with Crippen molar-refractivity contribution in [3.63, 3.8) is 0 Å². The Morgan fingerprint density at radius 2 is 1.75 bits per heavy atom. The van der Waals surface area contributed by atoms with Crippen LogP contribution in [0.15, 0.2) is 73.1 Å². The van der Waals surface area contributed by atoms with Crippen molar-refractivity contribution in [1.82, 2.24) is 14.5 Å². The molecule has 0 aliphatic heterocycles. The van der Waals surface area contributed by atoms with Gasteiger partial charge in [-0.2, -0.15) is 0 Å². The Balaban J connectivity index is 1.80. The van der Waals surface area contributed by atoms with E-state index in [4.69, 9.17) is 0 Å². The van der Waals surface area contributed by atoms with Gasteiger partial charge in [0, 0.05) is 40.6 Å². The first-order valence-electron chi connectivity index (χ1n) is 9.16. The second-order valence-electron chi connectivity index (χ2n) is 6.79. The van der Waals surface area contributed by atoms with Crippen LogP contribution in [0, 0.1) is 0 Å². The van der Waals surface area contributed by atoms with Gasteiger partial charge in [0.2, 0.25) is 0 Å². The van der Waals surface area contributed by atoms with Crippen LogP contribution in [0.2, 0.25) is 0 Å². The van der Waals surface area contributed by atoms with E-state index >= 15 is 0 Å². The van der Waals surface area contributed by atoms with Gasteiger partial charge in [-0.1, -0.05) is 36.4 Å². The van der Waals surface area contributed by atoms with E-state index in [1.54, 1.807) is 12.3 Å². The highest BCUT2D eigenvalue weighted by atomic mass is 16.4. The third-order valence-electron chi connectivity index (χ3n) is 5.17. The molecule has 1 aromatic carbocycles. The molecule has 0 fully saturated rings. The Bertz CT molecular complexity index is 1200. The van der Waals surface area contributed by atoms with E-state index in [1.807, 2.05) is 36.5 Å². The topological polar surface area (TPSA) is 68.0 Å². The lowest BCUT2D eigenvalue weighted by atomic mass is 9.93. The summed E-state index contributed by atoms with van der Waals surface area (Å²) in [5, 5.41) is 9.38. The Hall–Kier alpha value is -3.73. The Labute approximate surface area is 162 Å². The van der Waals surface area contributed by atoms with Crippen LogP contribution in [-0.4, -0.2) is 25.6 Å². The third-order valence-corrected chi connectivity index (χ3v) is 5.17. The number of benzene rings is 1. The van der Waals surface area contributed by atoms with Gasteiger partial charge < -0.3 is 9.67 Å². The van der Waals surface area contributed by atoms with Crippen LogP contribution >= 0.6 is 0 Å². The zero-order valence-electron chi connectivity index (χ0n) is 15.0. The summed E-state index contributed by atoms with van der Waals surface area (Å²) in [5.74, 6) is -1.03. The molecule has 5 rings (SSSR count). The maximum absolute atomic E-state index is 11.5. The summed E-state index contributed by atoms with van der Waals surface area (Å²) in [6.45, 7) is 0. The summed E-state index contributed by atoms with van der Waals surface area (Å²) >= 11 is 0. The lowest BCUT2D eigenvalue weighted by Gasteiger charge is -2.19. The Kier molecular flexibility index (Phi) is 3.79. The van der Waals surface area contributed by atoms with E-state index in [2.05, 4.69) is 38.8 Å². The molecule has 0 spiro atoms. The summed E-state index contributed by atoms with van der Waals surface area (Å²) < 4.78 is 2.16. The Morgan fingerprint density at radius 1 is 0.893 bits per heavy atom. The number of carboxylic acid groups (broad SMARTS) is 1. The van der Waals surface area contributed by atoms with Gasteiger partial charge in [-0.15, -0.1) is 0 Å². The number of carboxylic acids is 1.